The summed E-state index contributed by atoms with van der Waals surface area (Å²) in [5, 5.41) is 0. The predicted octanol–water partition coefficient (Wildman–Crippen LogP) is 4.57. The van der Waals surface area contributed by atoms with E-state index in [1.807, 2.05) is 21.6 Å². The lowest BCUT2D eigenvalue weighted by Gasteiger charge is -2.26. The molecule has 14 heavy (non-hydrogen) atoms. The maximum atomic E-state index is 5.85. The van der Waals surface area contributed by atoms with Gasteiger partial charge in [0.05, 0.1) is 6.10 Å². The van der Waals surface area contributed by atoms with Crippen LogP contribution in [0.4, 0.5) is 0 Å². The van der Waals surface area contributed by atoms with Gasteiger partial charge in [0.1, 0.15) is 5.44 Å². The first-order chi connectivity index (χ1) is 6.22. The van der Waals surface area contributed by atoms with Gasteiger partial charge in [0, 0.05) is 4.75 Å². The fourth-order valence-electron chi connectivity index (χ4n) is 0.751. The van der Waals surface area contributed by atoms with Crippen LogP contribution in [0.25, 0.3) is 0 Å². The van der Waals surface area contributed by atoms with E-state index in [4.69, 9.17) is 4.74 Å². The van der Waals surface area contributed by atoms with Crippen LogP contribution in [0.5, 0.6) is 0 Å². The third-order valence-corrected chi connectivity index (χ3v) is 5.14. The van der Waals surface area contributed by atoms with Crippen LogP contribution in [0.15, 0.2) is 0 Å². The fourth-order valence-corrected chi connectivity index (χ4v) is 3.58. The third kappa shape index (κ3) is 8.01. The second kappa shape index (κ2) is 6.29. The van der Waals surface area contributed by atoms with Crippen molar-refractivity contribution in [3.63, 3.8) is 0 Å². The second-order valence-corrected chi connectivity index (χ2v) is 8.22. The van der Waals surface area contributed by atoms with E-state index in [2.05, 4.69) is 48.5 Å². The molecule has 1 atom stereocenters. The normalized spacial score (nSPS) is 15.2. The molecule has 0 radical (unpaired) electrons. The Morgan fingerprint density at radius 1 is 1.00 bits per heavy atom. The van der Waals surface area contributed by atoms with Crippen molar-refractivity contribution in [2.75, 3.05) is 0 Å². The number of rotatable bonds is 5. The van der Waals surface area contributed by atoms with Gasteiger partial charge in [-0.15, -0.1) is 0 Å². The Hall–Kier alpha value is 0.660. The maximum Gasteiger partial charge on any atom is 0.115 e. The molecule has 0 aromatic rings. The molecule has 0 fully saturated rings. The highest BCUT2D eigenvalue weighted by molar-refractivity contribution is 8.77. The molecule has 0 aliphatic rings. The van der Waals surface area contributed by atoms with Crippen LogP contribution in [0, 0.1) is 5.92 Å². The van der Waals surface area contributed by atoms with E-state index in [-0.39, 0.29) is 0 Å². The van der Waals surface area contributed by atoms with Gasteiger partial charge < -0.3 is 4.74 Å². The number of hydrogen-bond donors (Lipinski definition) is 0. The average molecular weight is 236 g/mol. The van der Waals surface area contributed by atoms with Crippen LogP contribution in [0.3, 0.4) is 0 Å². The van der Waals surface area contributed by atoms with Crippen molar-refractivity contribution in [3.05, 3.63) is 0 Å². The summed E-state index contributed by atoms with van der Waals surface area (Å²) in [6.45, 7) is 15.3. The Morgan fingerprint density at radius 2 is 1.50 bits per heavy atom. The summed E-state index contributed by atoms with van der Waals surface area (Å²) in [5.74, 6) is 0.567. The maximum absolute atomic E-state index is 5.85. The molecule has 0 N–H and O–H groups in total. The standard InChI is InChI=1S/C11H24OS2/c1-8(2)10(12-9(3)4)13-14-11(5,6)7/h8-10H,1-7H3. The van der Waals surface area contributed by atoms with E-state index in [1.165, 1.54) is 0 Å². The summed E-state index contributed by atoms with van der Waals surface area (Å²) in [7, 11) is 3.76. The SMILES string of the molecule is CC(C)OC(SSC(C)(C)C)C(C)C. The first kappa shape index (κ1) is 14.7. The molecule has 0 aliphatic carbocycles. The number of hydrogen-bond acceptors (Lipinski definition) is 3. The Balaban J connectivity index is 3.98. The zero-order chi connectivity index (χ0) is 11.4. The predicted molar refractivity (Wildman–Crippen MR) is 69.8 cm³/mol. The van der Waals surface area contributed by atoms with Gasteiger partial charge in [-0.2, -0.15) is 0 Å². The Labute approximate surface area is 97.1 Å². The highest BCUT2D eigenvalue weighted by atomic mass is 33.1. The number of ether oxygens (including phenoxy) is 1. The molecule has 0 aromatic heterocycles. The molecule has 0 amide bonds. The van der Waals surface area contributed by atoms with Crippen LogP contribution < -0.4 is 0 Å². The molecule has 0 spiro atoms. The van der Waals surface area contributed by atoms with Gasteiger partial charge in [-0.05, 0) is 19.8 Å². The van der Waals surface area contributed by atoms with Gasteiger partial charge in [-0.25, -0.2) is 0 Å². The third-order valence-electron chi connectivity index (χ3n) is 1.34. The summed E-state index contributed by atoms with van der Waals surface area (Å²) < 4.78 is 6.15. The molecule has 86 valence electrons. The van der Waals surface area contributed by atoms with Gasteiger partial charge in [0.25, 0.3) is 0 Å². The largest absolute Gasteiger partial charge is 0.364 e. The van der Waals surface area contributed by atoms with E-state index >= 15 is 0 Å². The quantitative estimate of drug-likeness (QED) is 0.511. The van der Waals surface area contributed by atoms with Crippen LogP contribution in [0.1, 0.15) is 48.5 Å². The Kier molecular flexibility index (Phi) is 6.58. The lowest BCUT2D eigenvalue weighted by molar-refractivity contribution is 0.0369. The molecule has 3 heteroatoms. The van der Waals surface area contributed by atoms with Crippen LogP contribution in [-0.2, 0) is 4.74 Å². The van der Waals surface area contributed by atoms with Gasteiger partial charge in [0.15, 0.2) is 0 Å². The van der Waals surface area contributed by atoms with E-state index in [9.17, 15) is 0 Å². The minimum absolute atomic E-state index is 0.304. The molecule has 0 bridgehead atoms. The van der Waals surface area contributed by atoms with Crippen molar-refractivity contribution in [2.45, 2.75) is 64.8 Å². The zero-order valence-electron chi connectivity index (χ0n) is 10.5. The molecule has 1 nitrogen and oxygen atoms in total. The summed E-state index contributed by atoms with van der Waals surface area (Å²) in [6.07, 6.45) is 0.315. The Bertz CT molecular complexity index is 150. The molecule has 0 heterocycles. The van der Waals surface area contributed by atoms with Gasteiger partial charge in [0.2, 0.25) is 0 Å². The van der Waals surface area contributed by atoms with E-state index < -0.39 is 0 Å². The second-order valence-electron chi connectivity index (χ2n) is 5.09. The lowest BCUT2D eigenvalue weighted by atomic mass is 10.2. The molecule has 0 rings (SSSR count). The smallest absolute Gasteiger partial charge is 0.115 e. The minimum atomic E-state index is 0.304. The van der Waals surface area contributed by atoms with Crippen LogP contribution in [0.2, 0.25) is 0 Å². The van der Waals surface area contributed by atoms with Crippen molar-refractivity contribution in [2.24, 2.45) is 5.92 Å². The summed E-state index contributed by atoms with van der Waals surface area (Å²) in [4.78, 5) is 0. The van der Waals surface area contributed by atoms with Crippen LogP contribution >= 0.6 is 21.6 Å². The topological polar surface area (TPSA) is 9.23 Å². The first-order valence-electron chi connectivity index (χ1n) is 5.22. The fraction of sp³-hybridized carbons (Fsp3) is 1.00. The van der Waals surface area contributed by atoms with Gasteiger partial charge in [-0.3, -0.25) is 0 Å². The van der Waals surface area contributed by atoms with Crippen LogP contribution in [-0.4, -0.2) is 16.3 Å². The van der Waals surface area contributed by atoms with Crippen molar-refractivity contribution >= 4 is 21.6 Å². The lowest BCUT2D eigenvalue weighted by Crippen LogP contribution is -2.20. The summed E-state index contributed by atoms with van der Waals surface area (Å²) in [6, 6.07) is 0. The average Bonchev–Trinajstić information content (AvgIpc) is 1.94. The van der Waals surface area contributed by atoms with Crippen molar-refractivity contribution in [1.82, 2.24) is 0 Å². The monoisotopic (exact) mass is 236 g/mol. The molecule has 0 saturated heterocycles. The molecule has 0 saturated carbocycles. The highest BCUT2D eigenvalue weighted by Crippen LogP contribution is 2.40. The molecule has 1 unspecified atom stereocenters. The van der Waals surface area contributed by atoms with E-state index in [1.54, 1.807) is 0 Å². The summed E-state index contributed by atoms with van der Waals surface area (Å²) >= 11 is 0. The zero-order valence-corrected chi connectivity index (χ0v) is 12.1. The first-order valence-corrected chi connectivity index (χ1v) is 7.43. The Morgan fingerprint density at radius 3 is 1.79 bits per heavy atom. The minimum Gasteiger partial charge on any atom is -0.364 e. The van der Waals surface area contributed by atoms with Crippen molar-refractivity contribution in [1.29, 1.82) is 0 Å². The molecular weight excluding hydrogens is 212 g/mol. The van der Waals surface area contributed by atoms with Gasteiger partial charge >= 0.3 is 0 Å². The van der Waals surface area contributed by atoms with E-state index in [0.717, 1.165) is 0 Å². The molecular formula is C11H24OS2. The van der Waals surface area contributed by atoms with Crippen molar-refractivity contribution < 1.29 is 4.74 Å². The molecule has 0 aliphatic heterocycles. The van der Waals surface area contributed by atoms with Gasteiger partial charge in [-0.1, -0.05) is 56.2 Å². The summed E-state index contributed by atoms with van der Waals surface area (Å²) in [5.41, 5.74) is 0.305. The highest BCUT2D eigenvalue weighted by Gasteiger charge is 2.20. The van der Waals surface area contributed by atoms with E-state index in [0.29, 0.717) is 22.2 Å². The van der Waals surface area contributed by atoms with Crippen molar-refractivity contribution in [3.8, 4) is 0 Å². The molecule has 0 aromatic carbocycles.